The number of amides is 1. The highest BCUT2D eigenvalue weighted by atomic mass is 16.6. The van der Waals surface area contributed by atoms with Gasteiger partial charge in [-0.3, -0.25) is 14.4 Å². The quantitative estimate of drug-likeness (QED) is 0.113. The van der Waals surface area contributed by atoms with E-state index in [4.69, 9.17) is 28.4 Å². The largest absolute Gasteiger partial charge is 0.455 e. The molecule has 1 amide bonds. The molecule has 16 nitrogen and oxygen atoms in total. The molecule has 346 valence electrons. The summed E-state index contributed by atoms with van der Waals surface area (Å²) in [6.45, 7) is 7.78. The van der Waals surface area contributed by atoms with Crippen LogP contribution in [0.4, 0.5) is 4.79 Å². The molecule has 3 aromatic carbocycles. The standard InChI is InChI=1S/C49H55NO15/c1-27(31-18-12-8-13-19-31)39(63-36(53)24-50-45(58)60-25-30-16-10-7-11-17-30)44(57)62-33-23-49(59)42(64-43(56)32-20-14-9-15-21-32)40-47(6,41(55)38(54)37(28(33)2)46(49,4)5)34(52)22-35-48(40,26-61-35)65-29(3)51/h7-21,27,33-35,38-40,42,52,54,59H,22-26H2,1-6H3,(H,50,58)/t27?,33?,34?,35?,38?,39?,40?,42?,47?,48-,49-/m0/s1. The van der Waals surface area contributed by atoms with Crippen LogP contribution in [0.5, 0.6) is 0 Å². The predicted molar refractivity (Wildman–Crippen MR) is 228 cm³/mol. The van der Waals surface area contributed by atoms with Gasteiger partial charge in [-0.2, -0.15) is 0 Å². The Labute approximate surface area is 376 Å². The second kappa shape index (κ2) is 18.1. The van der Waals surface area contributed by atoms with Crippen molar-refractivity contribution in [3.05, 3.63) is 119 Å². The van der Waals surface area contributed by atoms with Crippen LogP contribution in [0.25, 0.3) is 0 Å². The number of benzene rings is 3. The molecule has 11 atom stereocenters. The monoisotopic (exact) mass is 897 g/mol. The summed E-state index contributed by atoms with van der Waals surface area (Å²) in [5.41, 5.74) is -6.29. The Hall–Kier alpha value is -5.94. The van der Waals surface area contributed by atoms with E-state index in [2.05, 4.69) is 5.32 Å². The number of hydrogen-bond acceptors (Lipinski definition) is 15. The van der Waals surface area contributed by atoms with Crippen LogP contribution in [-0.4, -0.2) is 112 Å². The van der Waals surface area contributed by atoms with Gasteiger partial charge in [0.25, 0.3) is 0 Å². The highest BCUT2D eigenvalue weighted by molar-refractivity contribution is 5.94. The molecule has 1 heterocycles. The van der Waals surface area contributed by atoms with Gasteiger partial charge in [0.05, 0.1) is 29.6 Å². The number of aliphatic hydroxyl groups excluding tert-OH is 2. The molecule has 0 spiro atoms. The normalized spacial score (nSPS) is 30.9. The fourth-order valence-corrected chi connectivity index (χ4v) is 10.4. The maximum Gasteiger partial charge on any atom is 0.407 e. The van der Waals surface area contributed by atoms with Crippen molar-refractivity contribution in [2.24, 2.45) is 16.7 Å². The molecule has 9 unspecified atom stereocenters. The highest BCUT2D eigenvalue weighted by Crippen LogP contribution is 2.64. The average Bonchev–Trinajstić information content (AvgIpc) is 3.28. The van der Waals surface area contributed by atoms with Crippen LogP contribution in [0.1, 0.15) is 81.8 Å². The minimum absolute atomic E-state index is 0.0573. The summed E-state index contributed by atoms with van der Waals surface area (Å²) >= 11 is 0. The van der Waals surface area contributed by atoms with Crippen molar-refractivity contribution >= 4 is 35.8 Å². The van der Waals surface area contributed by atoms with Crippen molar-refractivity contribution < 1.29 is 72.5 Å². The number of carbonyl (C=O) groups is 6. The van der Waals surface area contributed by atoms with Crippen molar-refractivity contribution in [3.8, 4) is 0 Å². The third-order valence-corrected chi connectivity index (χ3v) is 14.0. The summed E-state index contributed by atoms with van der Waals surface area (Å²) in [6, 6.07) is 25.4. The first-order valence-corrected chi connectivity index (χ1v) is 21.6. The molecule has 2 bridgehead atoms. The number of nitrogens with one attached hydrogen (secondary N) is 1. The Bertz CT molecular complexity index is 2340. The van der Waals surface area contributed by atoms with Gasteiger partial charge in [-0.05, 0) is 48.3 Å². The summed E-state index contributed by atoms with van der Waals surface area (Å²) in [7, 11) is 0. The molecule has 3 aliphatic carbocycles. The number of hydrogen-bond donors (Lipinski definition) is 4. The number of ketones is 1. The van der Waals surface area contributed by atoms with Crippen LogP contribution in [0.3, 0.4) is 0 Å². The molecule has 1 aliphatic heterocycles. The Morgan fingerprint density at radius 3 is 2.11 bits per heavy atom. The maximum atomic E-state index is 15.1. The first kappa shape index (κ1) is 47.0. The molecule has 4 aliphatic rings. The van der Waals surface area contributed by atoms with Crippen LogP contribution >= 0.6 is 0 Å². The van der Waals surface area contributed by atoms with E-state index < -0.39 is 119 Å². The number of Topliss-reactive ketones (excluding diaryl/α,β-unsaturated/α-hetero) is 1. The number of alkyl carbamates (subject to hydrolysis) is 1. The van der Waals surface area contributed by atoms with Gasteiger partial charge in [-0.15, -0.1) is 0 Å². The molecule has 1 saturated heterocycles. The molecular formula is C49H55NO15. The van der Waals surface area contributed by atoms with Crippen molar-refractivity contribution in [3.63, 3.8) is 0 Å². The van der Waals surface area contributed by atoms with Gasteiger partial charge >= 0.3 is 30.0 Å². The van der Waals surface area contributed by atoms with Gasteiger partial charge in [-0.1, -0.05) is 99.6 Å². The van der Waals surface area contributed by atoms with Gasteiger partial charge in [-0.25, -0.2) is 14.4 Å². The molecule has 16 heteroatoms. The first-order valence-electron chi connectivity index (χ1n) is 21.6. The second-order valence-corrected chi connectivity index (χ2v) is 18.1. The number of esters is 4. The number of rotatable bonds is 12. The molecule has 3 fully saturated rings. The lowest BCUT2D eigenvalue weighted by Crippen LogP contribution is -2.81. The van der Waals surface area contributed by atoms with E-state index in [0.717, 1.165) is 6.92 Å². The third-order valence-electron chi connectivity index (χ3n) is 14.0. The lowest BCUT2D eigenvalue weighted by Gasteiger charge is -2.67. The summed E-state index contributed by atoms with van der Waals surface area (Å²) in [4.78, 5) is 82.7. The molecular weight excluding hydrogens is 843 g/mol. The Morgan fingerprint density at radius 1 is 0.892 bits per heavy atom. The summed E-state index contributed by atoms with van der Waals surface area (Å²) < 4.78 is 35.4. The number of carbonyl (C=O) groups excluding carboxylic acids is 6. The lowest BCUT2D eigenvalue weighted by molar-refractivity contribution is -0.346. The molecule has 3 aromatic rings. The second-order valence-electron chi connectivity index (χ2n) is 18.1. The van der Waals surface area contributed by atoms with Gasteiger partial charge in [0.1, 0.15) is 43.2 Å². The number of fused-ring (bicyclic) bond motifs is 5. The van der Waals surface area contributed by atoms with Crippen molar-refractivity contribution in [1.82, 2.24) is 5.32 Å². The zero-order valence-electron chi connectivity index (χ0n) is 37.1. The smallest absolute Gasteiger partial charge is 0.407 e. The van der Waals surface area contributed by atoms with Crippen LogP contribution in [0.2, 0.25) is 0 Å². The fourth-order valence-electron chi connectivity index (χ4n) is 10.4. The minimum Gasteiger partial charge on any atom is -0.455 e. The minimum atomic E-state index is -2.36. The lowest BCUT2D eigenvalue weighted by atomic mass is 9.44. The van der Waals surface area contributed by atoms with Gasteiger partial charge in [0, 0.05) is 31.1 Å². The average molecular weight is 898 g/mol. The molecule has 0 aromatic heterocycles. The van der Waals surface area contributed by atoms with Crippen LogP contribution < -0.4 is 5.32 Å². The molecule has 7 rings (SSSR count). The van der Waals surface area contributed by atoms with Crippen molar-refractivity contribution in [1.29, 1.82) is 0 Å². The zero-order chi connectivity index (χ0) is 47.1. The van der Waals surface area contributed by atoms with Gasteiger partial charge in [0.2, 0.25) is 6.10 Å². The van der Waals surface area contributed by atoms with E-state index in [1.54, 1.807) is 93.6 Å². The van der Waals surface area contributed by atoms with E-state index >= 15 is 4.79 Å². The summed E-state index contributed by atoms with van der Waals surface area (Å²) in [6.07, 6.45) is -11.1. The molecule has 0 radical (unpaired) electrons. The Kier molecular flexibility index (Phi) is 13.1. The van der Waals surface area contributed by atoms with Crippen LogP contribution in [-0.2, 0) is 54.2 Å². The highest BCUT2D eigenvalue weighted by Gasteiger charge is 2.78. The van der Waals surface area contributed by atoms with Crippen molar-refractivity contribution in [2.45, 2.75) is 115 Å². The maximum absolute atomic E-state index is 15.1. The first-order chi connectivity index (χ1) is 30.8. The number of ether oxygens (including phenoxy) is 6. The molecule has 2 saturated carbocycles. The Balaban J connectivity index is 1.27. The summed E-state index contributed by atoms with van der Waals surface area (Å²) in [5, 5.41) is 40.1. The van der Waals surface area contributed by atoms with Gasteiger partial charge in [0.15, 0.2) is 11.4 Å². The predicted octanol–water partition coefficient (Wildman–Crippen LogP) is 4.27. The fraction of sp³-hybridized carbons (Fsp3) is 0.469. The van der Waals surface area contributed by atoms with Crippen LogP contribution in [0.15, 0.2) is 102 Å². The molecule has 4 N–H and O–H groups in total. The zero-order valence-corrected chi connectivity index (χ0v) is 37.1. The Morgan fingerprint density at radius 2 is 1.51 bits per heavy atom. The van der Waals surface area contributed by atoms with E-state index in [9.17, 15) is 39.3 Å². The third kappa shape index (κ3) is 8.44. The van der Waals surface area contributed by atoms with Crippen molar-refractivity contribution in [2.75, 3.05) is 13.2 Å². The number of aliphatic hydroxyl groups is 3. The molecule has 65 heavy (non-hydrogen) atoms. The van der Waals surface area contributed by atoms with Gasteiger partial charge < -0.3 is 49.1 Å². The van der Waals surface area contributed by atoms with E-state index in [1.165, 1.54) is 26.0 Å². The van der Waals surface area contributed by atoms with E-state index in [-0.39, 0.29) is 36.3 Å². The summed E-state index contributed by atoms with van der Waals surface area (Å²) in [5.74, 6) is -7.07. The topological polar surface area (TPSA) is 231 Å². The SMILES string of the molecule is CC(=O)O[C@@]12COC1CC(O)C1(C)C(=O)C(O)C3=C(C)C(OC(=O)C(OC(=O)CNC(=O)OCc4ccccc4)C(C)c4ccccc4)C[C@](O)(C(OC(=O)c4ccccc4)C12)C3(C)C. The van der Waals surface area contributed by atoms with E-state index in [0.29, 0.717) is 11.1 Å². The van der Waals surface area contributed by atoms with E-state index in [1.807, 2.05) is 6.07 Å². The van der Waals surface area contributed by atoms with Crippen LogP contribution in [0, 0.1) is 16.7 Å².